The zero-order chi connectivity index (χ0) is 19.5. The van der Waals surface area contributed by atoms with Crippen LogP contribution < -0.4 is 0 Å². The Morgan fingerprint density at radius 1 is 1.21 bits per heavy atom. The molecule has 0 spiro atoms. The standard InChI is InChI=1S/C23H23ClN2O2/c1-2-26(14-16-11-12-28-15-16)23(27)20-13-22(17-7-9-18(24)10-8-17)25-21-6-4-3-5-19(20)21/h3-10,13,16H,2,11-12,14-15H2,1H3. The molecule has 0 aliphatic carbocycles. The number of ether oxygens (including phenoxy) is 1. The van der Waals surface area contributed by atoms with Crippen molar-refractivity contribution in [1.82, 2.24) is 9.88 Å². The number of pyridine rings is 1. The molecule has 5 heteroatoms. The third-order valence-corrected chi connectivity index (χ3v) is 5.51. The molecule has 4 nitrogen and oxygen atoms in total. The van der Waals surface area contributed by atoms with Gasteiger partial charge in [-0.25, -0.2) is 4.98 Å². The van der Waals surface area contributed by atoms with Crippen LogP contribution in [0.1, 0.15) is 23.7 Å². The summed E-state index contributed by atoms with van der Waals surface area (Å²) < 4.78 is 5.49. The van der Waals surface area contributed by atoms with Gasteiger partial charge in [-0.3, -0.25) is 4.79 Å². The van der Waals surface area contributed by atoms with E-state index in [2.05, 4.69) is 0 Å². The first-order valence-corrected chi connectivity index (χ1v) is 10.1. The average Bonchev–Trinajstić information content (AvgIpc) is 3.24. The summed E-state index contributed by atoms with van der Waals surface area (Å²) in [5.41, 5.74) is 3.23. The number of aromatic nitrogens is 1. The molecule has 2 aromatic carbocycles. The first kappa shape index (κ1) is 18.9. The van der Waals surface area contributed by atoms with Gasteiger partial charge in [-0.15, -0.1) is 0 Å². The van der Waals surface area contributed by atoms with E-state index in [0.717, 1.165) is 48.3 Å². The summed E-state index contributed by atoms with van der Waals surface area (Å²) >= 11 is 6.03. The molecule has 1 unspecified atom stereocenters. The number of hydrogen-bond acceptors (Lipinski definition) is 3. The zero-order valence-corrected chi connectivity index (χ0v) is 16.7. The molecule has 0 N–H and O–H groups in total. The second-order valence-electron chi connectivity index (χ2n) is 7.15. The van der Waals surface area contributed by atoms with E-state index >= 15 is 0 Å². The van der Waals surface area contributed by atoms with Crippen molar-refractivity contribution >= 4 is 28.4 Å². The Kier molecular flexibility index (Phi) is 5.60. The van der Waals surface area contributed by atoms with Gasteiger partial charge in [-0.2, -0.15) is 0 Å². The SMILES string of the molecule is CCN(CC1CCOC1)C(=O)c1cc(-c2ccc(Cl)cc2)nc2ccccc12. The molecule has 1 aliphatic rings. The van der Waals surface area contributed by atoms with Crippen molar-refractivity contribution < 1.29 is 9.53 Å². The van der Waals surface area contributed by atoms with Gasteiger partial charge in [0.15, 0.2) is 0 Å². The van der Waals surface area contributed by atoms with E-state index in [4.69, 9.17) is 21.3 Å². The van der Waals surface area contributed by atoms with Crippen molar-refractivity contribution in [3.05, 3.63) is 65.2 Å². The van der Waals surface area contributed by atoms with Gasteiger partial charge in [0.05, 0.1) is 23.4 Å². The van der Waals surface area contributed by atoms with Crippen LogP contribution >= 0.6 is 11.6 Å². The number of benzene rings is 2. The highest BCUT2D eigenvalue weighted by Crippen LogP contribution is 2.27. The van der Waals surface area contributed by atoms with Crippen molar-refractivity contribution in [2.75, 3.05) is 26.3 Å². The Balaban J connectivity index is 1.75. The van der Waals surface area contributed by atoms with E-state index in [1.165, 1.54) is 0 Å². The Morgan fingerprint density at radius 3 is 2.71 bits per heavy atom. The van der Waals surface area contributed by atoms with Crippen molar-refractivity contribution in [3.63, 3.8) is 0 Å². The highest BCUT2D eigenvalue weighted by Gasteiger charge is 2.24. The fourth-order valence-electron chi connectivity index (χ4n) is 3.69. The van der Waals surface area contributed by atoms with Crippen LogP contribution in [0.15, 0.2) is 54.6 Å². The normalized spacial score (nSPS) is 16.4. The summed E-state index contributed by atoms with van der Waals surface area (Å²) in [5, 5.41) is 1.56. The van der Waals surface area contributed by atoms with Crippen LogP contribution in [0, 0.1) is 5.92 Å². The van der Waals surface area contributed by atoms with Crippen LogP contribution in [0.3, 0.4) is 0 Å². The number of rotatable bonds is 5. The molecule has 1 saturated heterocycles. The fourth-order valence-corrected chi connectivity index (χ4v) is 3.81. The lowest BCUT2D eigenvalue weighted by molar-refractivity contribution is 0.0733. The van der Waals surface area contributed by atoms with Gasteiger partial charge in [-0.1, -0.05) is 41.9 Å². The summed E-state index contributed by atoms with van der Waals surface area (Å²) in [6, 6.07) is 17.3. The number of para-hydroxylation sites is 1. The quantitative estimate of drug-likeness (QED) is 0.607. The molecule has 4 rings (SSSR count). The van der Waals surface area contributed by atoms with Gasteiger partial charge < -0.3 is 9.64 Å². The maximum Gasteiger partial charge on any atom is 0.254 e. The largest absolute Gasteiger partial charge is 0.381 e. The summed E-state index contributed by atoms with van der Waals surface area (Å²) in [6.45, 7) is 4.94. The number of fused-ring (bicyclic) bond motifs is 1. The van der Waals surface area contributed by atoms with Crippen molar-refractivity contribution in [2.24, 2.45) is 5.92 Å². The van der Waals surface area contributed by atoms with E-state index in [1.807, 2.05) is 66.4 Å². The Morgan fingerprint density at radius 2 is 2.00 bits per heavy atom. The van der Waals surface area contributed by atoms with Gasteiger partial charge in [0.1, 0.15) is 0 Å². The number of hydrogen-bond donors (Lipinski definition) is 0. The van der Waals surface area contributed by atoms with Gasteiger partial charge in [0, 0.05) is 41.6 Å². The lowest BCUT2D eigenvalue weighted by Gasteiger charge is -2.24. The van der Waals surface area contributed by atoms with Crippen LogP contribution in [-0.4, -0.2) is 42.1 Å². The molecule has 3 aromatic rings. The number of nitrogens with zero attached hydrogens (tertiary/aromatic N) is 2. The van der Waals surface area contributed by atoms with Crippen LogP contribution in [0.25, 0.3) is 22.2 Å². The van der Waals surface area contributed by atoms with E-state index in [-0.39, 0.29) is 5.91 Å². The van der Waals surface area contributed by atoms with Crippen molar-refractivity contribution in [2.45, 2.75) is 13.3 Å². The van der Waals surface area contributed by atoms with Crippen LogP contribution in [0.5, 0.6) is 0 Å². The molecule has 1 aromatic heterocycles. The first-order valence-electron chi connectivity index (χ1n) is 9.68. The zero-order valence-electron chi connectivity index (χ0n) is 15.9. The molecule has 1 atom stereocenters. The van der Waals surface area contributed by atoms with E-state index in [9.17, 15) is 4.79 Å². The monoisotopic (exact) mass is 394 g/mol. The molecule has 0 bridgehead atoms. The smallest absolute Gasteiger partial charge is 0.254 e. The van der Waals surface area contributed by atoms with Gasteiger partial charge in [0.25, 0.3) is 5.91 Å². The first-order chi connectivity index (χ1) is 13.7. The second-order valence-corrected chi connectivity index (χ2v) is 7.59. The maximum absolute atomic E-state index is 13.5. The molecule has 1 aliphatic heterocycles. The topological polar surface area (TPSA) is 42.4 Å². The van der Waals surface area contributed by atoms with Crippen LogP contribution in [-0.2, 0) is 4.74 Å². The minimum Gasteiger partial charge on any atom is -0.381 e. The van der Waals surface area contributed by atoms with Gasteiger partial charge >= 0.3 is 0 Å². The van der Waals surface area contributed by atoms with Crippen LogP contribution in [0.2, 0.25) is 5.02 Å². The highest BCUT2D eigenvalue weighted by molar-refractivity contribution is 6.30. The molecular weight excluding hydrogens is 372 g/mol. The molecular formula is C23H23ClN2O2. The Labute approximate surface area is 170 Å². The Bertz CT molecular complexity index is 982. The number of carbonyl (C=O) groups excluding carboxylic acids is 1. The molecule has 1 amide bonds. The summed E-state index contributed by atoms with van der Waals surface area (Å²) in [5.74, 6) is 0.455. The molecule has 28 heavy (non-hydrogen) atoms. The molecule has 1 fully saturated rings. The molecule has 2 heterocycles. The summed E-state index contributed by atoms with van der Waals surface area (Å²) in [7, 11) is 0. The number of halogens is 1. The molecule has 144 valence electrons. The van der Waals surface area contributed by atoms with E-state index in [0.29, 0.717) is 23.0 Å². The summed E-state index contributed by atoms with van der Waals surface area (Å²) in [6.07, 6.45) is 1.01. The highest BCUT2D eigenvalue weighted by atomic mass is 35.5. The number of amides is 1. The minimum atomic E-state index is 0.0446. The average molecular weight is 395 g/mol. The Hall–Kier alpha value is -2.43. The second kappa shape index (κ2) is 8.29. The lowest BCUT2D eigenvalue weighted by atomic mass is 10.0. The molecule has 0 radical (unpaired) electrons. The number of carbonyl (C=O) groups is 1. The predicted molar refractivity (Wildman–Crippen MR) is 113 cm³/mol. The van der Waals surface area contributed by atoms with E-state index < -0.39 is 0 Å². The lowest BCUT2D eigenvalue weighted by Crippen LogP contribution is -2.35. The minimum absolute atomic E-state index is 0.0446. The van der Waals surface area contributed by atoms with Crippen molar-refractivity contribution in [1.29, 1.82) is 0 Å². The summed E-state index contributed by atoms with van der Waals surface area (Å²) in [4.78, 5) is 20.1. The van der Waals surface area contributed by atoms with E-state index in [1.54, 1.807) is 0 Å². The maximum atomic E-state index is 13.5. The predicted octanol–water partition coefficient (Wildman–Crippen LogP) is 5.05. The van der Waals surface area contributed by atoms with Crippen LogP contribution in [0.4, 0.5) is 0 Å². The van der Waals surface area contributed by atoms with Crippen molar-refractivity contribution in [3.8, 4) is 11.3 Å². The van der Waals surface area contributed by atoms with Gasteiger partial charge in [-0.05, 0) is 37.6 Å². The fraction of sp³-hybridized carbons (Fsp3) is 0.304. The van der Waals surface area contributed by atoms with Gasteiger partial charge in [0.2, 0.25) is 0 Å². The third-order valence-electron chi connectivity index (χ3n) is 5.26. The third kappa shape index (κ3) is 3.89. The molecule has 0 saturated carbocycles.